The average molecular weight is 433 g/mol. The van der Waals surface area contributed by atoms with Gasteiger partial charge in [-0.1, -0.05) is 25.1 Å². The fourth-order valence-corrected chi connectivity index (χ4v) is 5.62. The molecular formula is C22H28N2O3S2. The number of carbonyl (C=O) groups is 1. The van der Waals surface area contributed by atoms with Crippen molar-refractivity contribution in [2.24, 2.45) is 0 Å². The summed E-state index contributed by atoms with van der Waals surface area (Å²) in [6.07, 6.45) is 7.11. The summed E-state index contributed by atoms with van der Waals surface area (Å²) < 4.78 is 29.0. The molecule has 3 rings (SSSR count). The Hall–Kier alpha value is -1.83. The quantitative estimate of drug-likeness (QED) is 0.623. The van der Waals surface area contributed by atoms with Gasteiger partial charge in [-0.15, -0.1) is 11.8 Å². The highest BCUT2D eigenvalue weighted by atomic mass is 32.2. The number of anilines is 1. The molecule has 7 heteroatoms. The number of fused-ring (bicyclic) bond motifs is 1. The van der Waals surface area contributed by atoms with Crippen molar-refractivity contribution in [1.29, 1.82) is 0 Å². The second kappa shape index (κ2) is 9.32. The number of nitrogens with one attached hydrogen (secondary N) is 2. The minimum Gasteiger partial charge on any atom is -0.325 e. The molecule has 0 unspecified atom stereocenters. The summed E-state index contributed by atoms with van der Waals surface area (Å²) in [5.41, 5.74) is 4.23. The normalized spacial score (nSPS) is 14.9. The SMILES string of the molecule is CC[C@@H](NS(=O)(=O)c1ccc(SC)c(NC(C)=O)c1)c1ccc2c(c1)CCCC2. The third-order valence-electron chi connectivity index (χ3n) is 5.27. The summed E-state index contributed by atoms with van der Waals surface area (Å²) in [4.78, 5) is 12.5. The maximum absolute atomic E-state index is 13.1. The molecule has 0 radical (unpaired) electrons. The first-order valence-corrected chi connectivity index (χ1v) is 12.6. The van der Waals surface area contributed by atoms with Gasteiger partial charge in [0.05, 0.1) is 10.6 Å². The van der Waals surface area contributed by atoms with Crippen LogP contribution in [0.25, 0.3) is 0 Å². The topological polar surface area (TPSA) is 75.3 Å². The van der Waals surface area contributed by atoms with Crippen LogP contribution in [0.3, 0.4) is 0 Å². The van der Waals surface area contributed by atoms with Crippen LogP contribution in [0.4, 0.5) is 5.69 Å². The van der Waals surface area contributed by atoms with Gasteiger partial charge in [-0.3, -0.25) is 4.79 Å². The fraction of sp³-hybridized carbons (Fsp3) is 0.409. The Morgan fingerprint density at radius 1 is 1.10 bits per heavy atom. The van der Waals surface area contributed by atoms with Gasteiger partial charge in [0, 0.05) is 17.9 Å². The molecule has 0 heterocycles. The molecule has 0 fully saturated rings. The monoisotopic (exact) mass is 432 g/mol. The number of sulfonamides is 1. The van der Waals surface area contributed by atoms with Crippen molar-refractivity contribution in [2.45, 2.75) is 61.8 Å². The number of carbonyl (C=O) groups excluding carboxylic acids is 1. The number of hydrogen-bond donors (Lipinski definition) is 2. The molecule has 29 heavy (non-hydrogen) atoms. The molecular weight excluding hydrogens is 404 g/mol. The lowest BCUT2D eigenvalue weighted by atomic mass is 9.89. The lowest BCUT2D eigenvalue weighted by molar-refractivity contribution is -0.114. The number of rotatable bonds is 7. The Labute approximate surface area is 177 Å². The molecule has 0 bridgehead atoms. The summed E-state index contributed by atoms with van der Waals surface area (Å²) in [7, 11) is -3.73. The van der Waals surface area contributed by atoms with Crippen LogP contribution in [0.2, 0.25) is 0 Å². The third kappa shape index (κ3) is 5.21. The molecule has 1 atom stereocenters. The summed E-state index contributed by atoms with van der Waals surface area (Å²) in [6.45, 7) is 3.39. The summed E-state index contributed by atoms with van der Waals surface area (Å²) in [6, 6.07) is 10.9. The van der Waals surface area contributed by atoms with Crippen LogP contribution in [-0.4, -0.2) is 20.6 Å². The zero-order valence-electron chi connectivity index (χ0n) is 17.1. The molecule has 1 aliphatic carbocycles. The Balaban J connectivity index is 1.88. The number of hydrogen-bond acceptors (Lipinski definition) is 4. The van der Waals surface area contributed by atoms with E-state index in [2.05, 4.69) is 22.2 Å². The smallest absolute Gasteiger partial charge is 0.241 e. The number of benzene rings is 2. The Kier molecular flexibility index (Phi) is 7.03. The van der Waals surface area contributed by atoms with Crippen LogP contribution in [0.1, 0.15) is 55.8 Å². The van der Waals surface area contributed by atoms with Gasteiger partial charge in [0.25, 0.3) is 0 Å². The second-order valence-corrected chi connectivity index (χ2v) is 9.92. The van der Waals surface area contributed by atoms with Gasteiger partial charge in [0.2, 0.25) is 15.9 Å². The molecule has 0 aliphatic heterocycles. The number of thioether (sulfide) groups is 1. The molecule has 0 saturated carbocycles. The molecule has 1 amide bonds. The molecule has 1 aliphatic rings. The molecule has 0 saturated heterocycles. The highest BCUT2D eigenvalue weighted by Gasteiger charge is 2.22. The maximum atomic E-state index is 13.1. The fourth-order valence-electron chi connectivity index (χ4n) is 3.75. The first-order chi connectivity index (χ1) is 13.8. The van der Waals surface area contributed by atoms with Crippen LogP contribution in [-0.2, 0) is 27.7 Å². The average Bonchev–Trinajstić information content (AvgIpc) is 2.71. The summed E-state index contributed by atoms with van der Waals surface area (Å²) in [5, 5.41) is 2.72. The van der Waals surface area contributed by atoms with Crippen LogP contribution in [0.5, 0.6) is 0 Å². The predicted octanol–water partition coefficient (Wildman–Crippen LogP) is 4.68. The van der Waals surface area contributed by atoms with E-state index in [1.54, 1.807) is 12.1 Å². The van der Waals surface area contributed by atoms with Crippen LogP contribution in [0, 0.1) is 0 Å². The first-order valence-electron chi connectivity index (χ1n) is 9.93. The zero-order chi connectivity index (χ0) is 21.0. The van der Waals surface area contributed by atoms with E-state index in [1.165, 1.54) is 48.7 Å². The van der Waals surface area contributed by atoms with E-state index in [0.29, 0.717) is 12.1 Å². The predicted molar refractivity (Wildman–Crippen MR) is 119 cm³/mol. The molecule has 2 aromatic rings. The van der Waals surface area contributed by atoms with E-state index < -0.39 is 10.0 Å². The van der Waals surface area contributed by atoms with Gasteiger partial charge in [-0.2, -0.15) is 0 Å². The van der Waals surface area contributed by atoms with Crippen molar-refractivity contribution < 1.29 is 13.2 Å². The van der Waals surface area contributed by atoms with Gasteiger partial charge in [-0.05, 0) is 73.2 Å². The lowest BCUT2D eigenvalue weighted by Crippen LogP contribution is -2.28. The second-order valence-electron chi connectivity index (χ2n) is 7.36. The zero-order valence-corrected chi connectivity index (χ0v) is 18.8. The lowest BCUT2D eigenvalue weighted by Gasteiger charge is -2.22. The molecule has 2 N–H and O–H groups in total. The number of aryl methyl sites for hydroxylation is 2. The van der Waals surface area contributed by atoms with Crippen molar-refractivity contribution in [3.63, 3.8) is 0 Å². The standard InChI is InChI=1S/C22H28N2O3S2/c1-4-20(18-10-9-16-7-5-6-8-17(16)13-18)24-29(26,27)19-11-12-22(28-3)21(14-19)23-15(2)25/h9-14,20,24H,4-8H2,1-3H3,(H,23,25)/t20-/m1/s1. The van der Waals surface area contributed by atoms with Crippen molar-refractivity contribution in [3.05, 3.63) is 53.1 Å². The van der Waals surface area contributed by atoms with Crippen LogP contribution in [0.15, 0.2) is 46.2 Å². The van der Waals surface area contributed by atoms with E-state index in [4.69, 9.17) is 0 Å². The van der Waals surface area contributed by atoms with Crippen molar-refractivity contribution in [1.82, 2.24) is 4.72 Å². The van der Waals surface area contributed by atoms with Crippen LogP contribution < -0.4 is 10.0 Å². The van der Waals surface area contributed by atoms with E-state index in [1.807, 2.05) is 19.2 Å². The van der Waals surface area contributed by atoms with E-state index in [0.717, 1.165) is 23.3 Å². The third-order valence-corrected chi connectivity index (χ3v) is 7.54. The Bertz CT molecular complexity index is 1000. The molecule has 0 aromatic heterocycles. The van der Waals surface area contributed by atoms with Crippen molar-refractivity contribution >= 4 is 33.4 Å². The minimum absolute atomic E-state index is 0.149. The summed E-state index contributed by atoms with van der Waals surface area (Å²) in [5.74, 6) is -0.233. The Morgan fingerprint density at radius 2 is 1.83 bits per heavy atom. The van der Waals surface area contributed by atoms with Gasteiger partial charge >= 0.3 is 0 Å². The van der Waals surface area contributed by atoms with Gasteiger partial charge in [-0.25, -0.2) is 13.1 Å². The molecule has 2 aromatic carbocycles. The first kappa shape index (κ1) is 21.9. The largest absolute Gasteiger partial charge is 0.325 e. The van der Waals surface area contributed by atoms with Crippen LogP contribution >= 0.6 is 11.8 Å². The van der Waals surface area contributed by atoms with E-state index in [-0.39, 0.29) is 16.8 Å². The van der Waals surface area contributed by atoms with E-state index in [9.17, 15) is 13.2 Å². The van der Waals surface area contributed by atoms with Gasteiger partial charge in [0.15, 0.2) is 0 Å². The molecule has 0 spiro atoms. The minimum atomic E-state index is -3.73. The Morgan fingerprint density at radius 3 is 2.48 bits per heavy atom. The van der Waals surface area contributed by atoms with Gasteiger partial charge < -0.3 is 5.32 Å². The van der Waals surface area contributed by atoms with Crippen molar-refractivity contribution in [2.75, 3.05) is 11.6 Å². The molecule has 5 nitrogen and oxygen atoms in total. The van der Waals surface area contributed by atoms with Gasteiger partial charge in [0.1, 0.15) is 0 Å². The van der Waals surface area contributed by atoms with Crippen molar-refractivity contribution in [3.8, 4) is 0 Å². The maximum Gasteiger partial charge on any atom is 0.241 e. The highest BCUT2D eigenvalue weighted by Crippen LogP contribution is 2.30. The summed E-state index contributed by atoms with van der Waals surface area (Å²) >= 11 is 1.46. The highest BCUT2D eigenvalue weighted by molar-refractivity contribution is 7.98. The van der Waals surface area contributed by atoms with E-state index >= 15 is 0 Å². The number of amides is 1. The molecule has 156 valence electrons.